The topological polar surface area (TPSA) is 52.6 Å². The van der Waals surface area contributed by atoms with Gasteiger partial charge in [-0.3, -0.25) is 9.88 Å². The van der Waals surface area contributed by atoms with Crippen molar-refractivity contribution in [3.05, 3.63) is 65.7 Å². The van der Waals surface area contributed by atoms with Crippen molar-refractivity contribution in [2.75, 3.05) is 13.1 Å². The number of aromatic nitrogens is 1. The minimum absolute atomic E-state index is 0. The summed E-state index contributed by atoms with van der Waals surface area (Å²) in [6, 6.07) is 14.5. The Morgan fingerprint density at radius 1 is 1.24 bits per heavy atom. The molecule has 1 aromatic heterocycles. The molecular formula is C22H31FIN5. The minimum Gasteiger partial charge on any atom is -0.357 e. The number of rotatable bonds is 6. The second-order valence-corrected chi connectivity index (χ2v) is 7.30. The summed E-state index contributed by atoms with van der Waals surface area (Å²) in [5.74, 6) is 0.409. The van der Waals surface area contributed by atoms with Crippen molar-refractivity contribution >= 4 is 29.9 Å². The van der Waals surface area contributed by atoms with Gasteiger partial charge >= 0.3 is 0 Å². The van der Waals surface area contributed by atoms with E-state index in [-0.39, 0.29) is 36.3 Å². The van der Waals surface area contributed by atoms with E-state index >= 15 is 0 Å². The van der Waals surface area contributed by atoms with Crippen LogP contribution < -0.4 is 10.6 Å². The van der Waals surface area contributed by atoms with Crippen LogP contribution in [0.5, 0.6) is 0 Å². The fourth-order valence-corrected chi connectivity index (χ4v) is 3.61. The standard InChI is InChI=1S/C22H30FN5.HI/c1-3-24-22(26-15-21-20(23)10-7-12-25-21)27-19-11-13-28(17(2)14-19)16-18-8-5-4-6-9-18;/h4-10,12,17,19H,3,11,13-16H2,1-2H3,(H2,24,26,27);1H. The van der Waals surface area contributed by atoms with Crippen molar-refractivity contribution < 1.29 is 4.39 Å². The summed E-state index contributed by atoms with van der Waals surface area (Å²) in [6.45, 7) is 7.33. The molecule has 1 aliphatic rings. The van der Waals surface area contributed by atoms with Crippen LogP contribution in [0.3, 0.4) is 0 Å². The van der Waals surface area contributed by atoms with Crippen LogP contribution in [-0.2, 0) is 13.1 Å². The van der Waals surface area contributed by atoms with Gasteiger partial charge < -0.3 is 10.6 Å². The minimum atomic E-state index is -0.315. The molecule has 5 nitrogen and oxygen atoms in total. The Morgan fingerprint density at radius 3 is 2.72 bits per heavy atom. The lowest BCUT2D eigenvalue weighted by Crippen LogP contribution is -2.51. The number of aliphatic imine (C=N–C) groups is 1. The zero-order valence-corrected chi connectivity index (χ0v) is 19.5. The summed E-state index contributed by atoms with van der Waals surface area (Å²) < 4.78 is 13.8. The van der Waals surface area contributed by atoms with Gasteiger partial charge in [-0.25, -0.2) is 9.38 Å². The molecule has 2 unspecified atom stereocenters. The summed E-state index contributed by atoms with van der Waals surface area (Å²) in [5, 5.41) is 6.78. The lowest BCUT2D eigenvalue weighted by atomic mass is 9.97. The SMILES string of the molecule is CCNC(=NCc1ncccc1F)NC1CCN(Cc2ccccc2)C(C)C1.I. The molecule has 0 spiro atoms. The third-order valence-electron chi connectivity index (χ3n) is 5.15. The van der Waals surface area contributed by atoms with Gasteiger partial charge in [-0.05, 0) is 44.4 Å². The second kappa shape index (κ2) is 12.1. The maximum absolute atomic E-state index is 13.8. The Bertz CT molecular complexity index is 771. The van der Waals surface area contributed by atoms with Crippen molar-refractivity contribution in [3.63, 3.8) is 0 Å². The van der Waals surface area contributed by atoms with E-state index in [0.29, 0.717) is 17.8 Å². The molecule has 29 heavy (non-hydrogen) atoms. The van der Waals surface area contributed by atoms with Gasteiger partial charge in [-0.2, -0.15) is 0 Å². The molecule has 0 bridgehead atoms. The molecule has 2 heterocycles. The number of nitrogens with zero attached hydrogens (tertiary/aromatic N) is 3. The smallest absolute Gasteiger partial charge is 0.191 e. The summed E-state index contributed by atoms with van der Waals surface area (Å²) in [4.78, 5) is 11.1. The fourth-order valence-electron chi connectivity index (χ4n) is 3.61. The number of pyridine rings is 1. The van der Waals surface area contributed by atoms with E-state index in [1.807, 2.05) is 6.92 Å². The van der Waals surface area contributed by atoms with Gasteiger partial charge in [0, 0.05) is 37.9 Å². The van der Waals surface area contributed by atoms with Crippen LogP contribution in [0, 0.1) is 5.82 Å². The highest BCUT2D eigenvalue weighted by Gasteiger charge is 2.26. The van der Waals surface area contributed by atoms with E-state index < -0.39 is 0 Å². The zero-order chi connectivity index (χ0) is 19.8. The second-order valence-electron chi connectivity index (χ2n) is 7.30. The normalized spacial score (nSPS) is 20.0. The van der Waals surface area contributed by atoms with Crippen molar-refractivity contribution in [1.82, 2.24) is 20.5 Å². The Kier molecular flexibility index (Phi) is 9.80. The Balaban J connectivity index is 0.00000300. The molecule has 1 fully saturated rings. The molecule has 3 rings (SSSR count). The summed E-state index contributed by atoms with van der Waals surface area (Å²) in [7, 11) is 0. The Morgan fingerprint density at radius 2 is 2.03 bits per heavy atom. The van der Waals surface area contributed by atoms with Crippen LogP contribution in [0.1, 0.15) is 37.9 Å². The predicted molar refractivity (Wildman–Crippen MR) is 127 cm³/mol. The summed E-state index contributed by atoms with van der Waals surface area (Å²) in [6.07, 6.45) is 3.70. The number of halogens is 2. The molecule has 2 atom stereocenters. The monoisotopic (exact) mass is 511 g/mol. The average molecular weight is 511 g/mol. The van der Waals surface area contributed by atoms with Crippen LogP contribution in [-0.4, -0.2) is 41.0 Å². The van der Waals surface area contributed by atoms with E-state index in [1.54, 1.807) is 12.3 Å². The van der Waals surface area contributed by atoms with E-state index in [0.717, 1.165) is 38.4 Å². The number of hydrogen-bond donors (Lipinski definition) is 2. The molecule has 1 saturated heterocycles. The van der Waals surface area contributed by atoms with Crippen LogP contribution in [0.25, 0.3) is 0 Å². The fraction of sp³-hybridized carbons (Fsp3) is 0.455. The highest BCUT2D eigenvalue weighted by atomic mass is 127. The van der Waals surface area contributed by atoms with Gasteiger partial charge in [0.1, 0.15) is 5.82 Å². The average Bonchev–Trinajstić information content (AvgIpc) is 2.70. The van der Waals surface area contributed by atoms with E-state index in [1.165, 1.54) is 11.6 Å². The number of benzene rings is 1. The Labute approximate surface area is 190 Å². The Hall–Kier alpha value is -1.74. The largest absolute Gasteiger partial charge is 0.357 e. The van der Waals surface area contributed by atoms with Crippen LogP contribution in [0.4, 0.5) is 4.39 Å². The number of likely N-dealkylation sites (tertiary alicyclic amines) is 1. The number of hydrogen-bond acceptors (Lipinski definition) is 3. The molecule has 158 valence electrons. The summed E-state index contributed by atoms with van der Waals surface area (Å²) in [5.41, 5.74) is 1.72. The van der Waals surface area contributed by atoms with Crippen LogP contribution >= 0.6 is 24.0 Å². The quantitative estimate of drug-likeness (QED) is 0.351. The maximum atomic E-state index is 13.8. The third-order valence-corrected chi connectivity index (χ3v) is 5.15. The lowest BCUT2D eigenvalue weighted by molar-refractivity contribution is 0.134. The third kappa shape index (κ3) is 7.22. The van der Waals surface area contributed by atoms with Gasteiger partial charge in [0.25, 0.3) is 0 Å². The van der Waals surface area contributed by atoms with Gasteiger partial charge in [0.05, 0.1) is 12.2 Å². The first-order valence-corrected chi connectivity index (χ1v) is 10.1. The van der Waals surface area contributed by atoms with Gasteiger partial charge in [0.15, 0.2) is 5.96 Å². The van der Waals surface area contributed by atoms with Crippen LogP contribution in [0.2, 0.25) is 0 Å². The van der Waals surface area contributed by atoms with Crippen molar-refractivity contribution in [2.45, 2.75) is 51.9 Å². The number of nitrogens with one attached hydrogen (secondary N) is 2. The lowest BCUT2D eigenvalue weighted by Gasteiger charge is -2.38. The van der Waals surface area contributed by atoms with Crippen molar-refractivity contribution in [2.24, 2.45) is 4.99 Å². The molecule has 7 heteroatoms. The van der Waals surface area contributed by atoms with Crippen molar-refractivity contribution in [3.8, 4) is 0 Å². The van der Waals surface area contributed by atoms with Crippen LogP contribution in [0.15, 0.2) is 53.7 Å². The molecule has 2 aromatic rings. The highest BCUT2D eigenvalue weighted by molar-refractivity contribution is 14.0. The maximum Gasteiger partial charge on any atom is 0.191 e. The summed E-state index contributed by atoms with van der Waals surface area (Å²) >= 11 is 0. The molecule has 0 amide bonds. The number of guanidine groups is 1. The number of piperidine rings is 1. The first-order chi connectivity index (χ1) is 13.7. The molecule has 2 N–H and O–H groups in total. The van der Waals surface area contributed by atoms with Gasteiger partial charge in [-0.15, -0.1) is 24.0 Å². The molecule has 1 aromatic carbocycles. The first-order valence-electron chi connectivity index (χ1n) is 10.1. The zero-order valence-electron chi connectivity index (χ0n) is 17.1. The van der Waals surface area contributed by atoms with E-state index in [9.17, 15) is 4.39 Å². The molecular weight excluding hydrogens is 480 g/mol. The predicted octanol–water partition coefficient (Wildman–Crippen LogP) is 3.95. The van der Waals surface area contributed by atoms with E-state index in [4.69, 9.17) is 0 Å². The van der Waals surface area contributed by atoms with Gasteiger partial charge in [-0.1, -0.05) is 30.3 Å². The molecule has 0 radical (unpaired) electrons. The molecule has 1 aliphatic heterocycles. The molecule has 0 aliphatic carbocycles. The van der Waals surface area contributed by atoms with Gasteiger partial charge in [0.2, 0.25) is 0 Å². The highest BCUT2D eigenvalue weighted by Crippen LogP contribution is 2.20. The van der Waals surface area contributed by atoms with E-state index in [2.05, 4.69) is 62.8 Å². The first kappa shape index (κ1) is 23.5. The van der Waals surface area contributed by atoms with Crippen molar-refractivity contribution in [1.29, 1.82) is 0 Å². The molecule has 0 saturated carbocycles.